The number of nitrogens with one attached hydrogen (secondary N) is 2. The van der Waals surface area contributed by atoms with E-state index in [2.05, 4.69) is 30.2 Å². The summed E-state index contributed by atoms with van der Waals surface area (Å²) in [5, 5.41) is 4.17. The molecule has 0 spiro atoms. The summed E-state index contributed by atoms with van der Waals surface area (Å²) in [5.41, 5.74) is 3.64. The number of rotatable bonds is 4. The fraction of sp³-hybridized carbons (Fsp3) is 0.348. The van der Waals surface area contributed by atoms with Gasteiger partial charge in [-0.1, -0.05) is 50.2 Å². The molecule has 0 saturated carbocycles. The number of benzene rings is 2. The van der Waals surface area contributed by atoms with E-state index in [4.69, 9.17) is 0 Å². The first-order chi connectivity index (χ1) is 13.6. The Bertz CT molecular complexity index is 994. The van der Waals surface area contributed by atoms with E-state index in [0.717, 1.165) is 29.4 Å². The van der Waals surface area contributed by atoms with E-state index in [1.807, 2.05) is 24.3 Å². The van der Waals surface area contributed by atoms with Gasteiger partial charge < -0.3 is 15.2 Å². The fourth-order valence-corrected chi connectivity index (χ4v) is 4.05. The van der Waals surface area contributed by atoms with Crippen molar-refractivity contribution >= 4 is 16.9 Å². The second-order valence-corrected chi connectivity index (χ2v) is 7.84. The summed E-state index contributed by atoms with van der Waals surface area (Å²) in [7, 11) is 0. The van der Waals surface area contributed by atoms with Gasteiger partial charge in [0.15, 0.2) is 0 Å². The van der Waals surface area contributed by atoms with Crippen molar-refractivity contribution in [3.8, 4) is 0 Å². The van der Waals surface area contributed by atoms with Crippen molar-refractivity contribution in [1.29, 1.82) is 0 Å². The molecule has 1 aliphatic rings. The highest BCUT2D eigenvalue weighted by molar-refractivity contribution is 5.86. The van der Waals surface area contributed by atoms with Crippen molar-refractivity contribution in [2.45, 2.75) is 32.7 Å². The van der Waals surface area contributed by atoms with Crippen LogP contribution in [0.3, 0.4) is 0 Å². The number of hydrogen-bond acceptors (Lipinski definition) is 1. The summed E-state index contributed by atoms with van der Waals surface area (Å²) in [6, 6.07) is 14.2. The second kappa shape index (κ2) is 7.66. The number of aromatic amines is 1. The summed E-state index contributed by atoms with van der Waals surface area (Å²) in [4.78, 5) is 18.2. The van der Waals surface area contributed by atoms with Gasteiger partial charge in [0.1, 0.15) is 11.9 Å². The first-order valence-corrected chi connectivity index (χ1v) is 9.94. The lowest BCUT2D eigenvalue weighted by Gasteiger charge is -2.36. The lowest BCUT2D eigenvalue weighted by molar-refractivity contribution is 0.177. The van der Waals surface area contributed by atoms with Gasteiger partial charge in [0.05, 0.1) is 0 Å². The van der Waals surface area contributed by atoms with Crippen LogP contribution in [0, 0.1) is 11.7 Å². The molecule has 2 amide bonds. The minimum Gasteiger partial charge on any atom is -0.356 e. The van der Waals surface area contributed by atoms with Crippen LogP contribution in [0.5, 0.6) is 0 Å². The number of halogens is 1. The quantitative estimate of drug-likeness (QED) is 0.658. The van der Waals surface area contributed by atoms with Crippen LogP contribution in [-0.4, -0.2) is 29.0 Å². The van der Waals surface area contributed by atoms with Crippen LogP contribution < -0.4 is 5.32 Å². The lowest BCUT2D eigenvalue weighted by Crippen LogP contribution is -2.46. The number of fused-ring (bicyclic) bond motifs is 3. The maximum atomic E-state index is 14.7. The van der Waals surface area contributed by atoms with Gasteiger partial charge in [0.25, 0.3) is 0 Å². The van der Waals surface area contributed by atoms with E-state index in [-0.39, 0.29) is 11.8 Å². The number of carbonyl (C=O) groups is 1. The van der Waals surface area contributed by atoms with Crippen LogP contribution in [0.25, 0.3) is 10.9 Å². The Balaban J connectivity index is 1.75. The van der Waals surface area contributed by atoms with Gasteiger partial charge in [-0.25, -0.2) is 9.18 Å². The summed E-state index contributed by atoms with van der Waals surface area (Å²) in [6.07, 6.45) is 1.67. The minimum atomic E-state index is -0.462. The van der Waals surface area contributed by atoms with Gasteiger partial charge in [-0.3, -0.25) is 0 Å². The molecule has 1 aliphatic heterocycles. The van der Waals surface area contributed by atoms with E-state index in [0.29, 0.717) is 24.6 Å². The summed E-state index contributed by atoms with van der Waals surface area (Å²) < 4.78 is 14.7. The Hall–Kier alpha value is -2.82. The van der Waals surface area contributed by atoms with Crippen LogP contribution in [0.2, 0.25) is 0 Å². The number of nitrogens with zero attached hydrogens (tertiary/aromatic N) is 1. The zero-order valence-corrected chi connectivity index (χ0v) is 16.3. The predicted octanol–water partition coefficient (Wildman–Crippen LogP) is 5.01. The van der Waals surface area contributed by atoms with Crippen molar-refractivity contribution in [3.05, 3.63) is 71.2 Å². The minimum absolute atomic E-state index is 0.141. The molecule has 0 saturated heterocycles. The number of H-pyrrole nitrogens is 1. The number of para-hydroxylation sites is 1. The molecule has 0 aliphatic carbocycles. The number of carbonyl (C=O) groups excluding carboxylic acids is 1. The molecule has 1 atom stereocenters. The maximum Gasteiger partial charge on any atom is 0.318 e. The van der Waals surface area contributed by atoms with Crippen LogP contribution in [0.15, 0.2) is 48.5 Å². The van der Waals surface area contributed by atoms with Crippen molar-refractivity contribution in [3.63, 3.8) is 0 Å². The van der Waals surface area contributed by atoms with Gasteiger partial charge in [0.2, 0.25) is 0 Å². The van der Waals surface area contributed by atoms with Crippen molar-refractivity contribution in [2.75, 3.05) is 13.1 Å². The molecule has 4 nitrogen and oxygen atoms in total. The average Bonchev–Trinajstić information content (AvgIpc) is 3.06. The summed E-state index contributed by atoms with van der Waals surface area (Å²) >= 11 is 0. The van der Waals surface area contributed by atoms with Crippen LogP contribution >= 0.6 is 0 Å². The Kier molecular flexibility index (Phi) is 5.07. The molecule has 1 aromatic heterocycles. The number of hydrogen-bond donors (Lipinski definition) is 2. The second-order valence-electron chi connectivity index (χ2n) is 7.84. The summed E-state index contributed by atoms with van der Waals surface area (Å²) in [6.45, 7) is 5.44. The monoisotopic (exact) mass is 379 g/mol. The topological polar surface area (TPSA) is 48.1 Å². The first-order valence-electron chi connectivity index (χ1n) is 9.94. The third-order valence-corrected chi connectivity index (χ3v) is 5.49. The molecule has 2 N–H and O–H groups in total. The van der Waals surface area contributed by atoms with Crippen molar-refractivity contribution < 1.29 is 9.18 Å². The number of amides is 2. The molecular weight excluding hydrogens is 353 g/mol. The number of urea groups is 1. The Labute approximate surface area is 164 Å². The normalized spacial score (nSPS) is 16.4. The van der Waals surface area contributed by atoms with Gasteiger partial charge in [-0.05, 0) is 36.5 Å². The first kappa shape index (κ1) is 18.5. The van der Waals surface area contributed by atoms with E-state index < -0.39 is 6.04 Å². The highest BCUT2D eigenvalue weighted by Gasteiger charge is 2.35. The van der Waals surface area contributed by atoms with Gasteiger partial charge in [-0.15, -0.1) is 0 Å². The molecule has 4 rings (SSSR count). The van der Waals surface area contributed by atoms with Gasteiger partial charge in [0, 0.05) is 35.2 Å². The standard InChI is InChI=1S/C23H26FN3O/c1-15(2)11-13-25-23(28)27-14-12-17-16-7-4-6-10-20(16)26-21(17)22(27)18-8-3-5-9-19(18)24/h3-10,15,22,26H,11-14H2,1-2H3,(H,25,28). The smallest absolute Gasteiger partial charge is 0.318 e. The fourth-order valence-electron chi connectivity index (χ4n) is 4.05. The highest BCUT2D eigenvalue weighted by atomic mass is 19.1. The molecule has 0 radical (unpaired) electrons. The molecule has 28 heavy (non-hydrogen) atoms. The third-order valence-electron chi connectivity index (χ3n) is 5.49. The molecule has 0 fully saturated rings. The SMILES string of the molecule is CC(C)CCNC(=O)N1CCc2c([nH]c3ccccc23)C1c1ccccc1F. The summed E-state index contributed by atoms with van der Waals surface area (Å²) in [5.74, 6) is 0.225. The average molecular weight is 379 g/mol. The van der Waals surface area contributed by atoms with Crippen LogP contribution in [-0.2, 0) is 6.42 Å². The molecule has 2 aromatic carbocycles. The molecule has 146 valence electrons. The molecular formula is C23H26FN3O. The van der Waals surface area contributed by atoms with E-state index in [9.17, 15) is 9.18 Å². The molecule has 2 heterocycles. The van der Waals surface area contributed by atoms with Crippen molar-refractivity contribution in [2.24, 2.45) is 5.92 Å². The molecule has 0 bridgehead atoms. The number of aromatic nitrogens is 1. The predicted molar refractivity (Wildman–Crippen MR) is 110 cm³/mol. The maximum absolute atomic E-state index is 14.7. The Morgan fingerprint density at radius 2 is 1.96 bits per heavy atom. The molecule has 1 unspecified atom stereocenters. The lowest BCUT2D eigenvalue weighted by atomic mass is 9.92. The Morgan fingerprint density at radius 3 is 2.75 bits per heavy atom. The van der Waals surface area contributed by atoms with E-state index in [1.165, 1.54) is 11.6 Å². The van der Waals surface area contributed by atoms with Crippen LogP contribution in [0.4, 0.5) is 9.18 Å². The largest absolute Gasteiger partial charge is 0.356 e. The third kappa shape index (κ3) is 3.37. The zero-order valence-electron chi connectivity index (χ0n) is 16.3. The van der Waals surface area contributed by atoms with Crippen molar-refractivity contribution in [1.82, 2.24) is 15.2 Å². The highest BCUT2D eigenvalue weighted by Crippen LogP contribution is 2.39. The van der Waals surface area contributed by atoms with Gasteiger partial charge in [-0.2, -0.15) is 0 Å². The molecule has 3 aromatic rings. The molecule has 5 heteroatoms. The van der Waals surface area contributed by atoms with E-state index >= 15 is 0 Å². The Morgan fingerprint density at radius 1 is 1.21 bits per heavy atom. The zero-order chi connectivity index (χ0) is 19.7. The van der Waals surface area contributed by atoms with Crippen LogP contribution in [0.1, 0.15) is 43.1 Å². The van der Waals surface area contributed by atoms with E-state index in [1.54, 1.807) is 17.0 Å². The van der Waals surface area contributed by atoms with Gasteiger partial charge >= 0.3 is 6.03 Å².